The molecule has 0 aliphatic heterocycles. The Kier molecular flexibility index (Phi) is 3.93. The van der Waals surface area contributed by atoms with Crippen LogP contribution in [0.2, 0.25) is 0 Å². The predicted molar refractivity (Wildman–Crippen MR) is 73.7 cm³/mol. The van der Waals surface area contributed by atoms with Crippen molar-refractivity contribution in [1.82, 2.24) is 9.88 Å². The van der Waals surface area contributed by atoms with Gasteiger partial charge in [0.1, 0.15) is 18.3 Å². The highest BCUT2D eigenvalue weighted by molar-refractivity contribution is 5.86. The topological polar surface area (TPSA) is 80.6 Å². The number of carbonyl (C=O) groups excluding carboxylic acids is 1. The summed E-state index contributed by atoms with van der Waals surface area (Å²) in [5.74, 6) is -0.645. The first kappa shape index (κ1) is 13.9. The summed E-state index contributed by atoms with van der Waals surface area (Å²) >= 11 is 0. The van der Waals surface area contributed by atoms with Gasteiger partial charge in [0.25, 0.3) is 0 Å². The standard InChI is InChI=1S/C14H16N2O4/c1-9(14(18)19)15-13(17)8-16-6-5-10-7-11(20-2)3-4-12(10)16/h3-7,9H,8H2,1-2H3,(H,15,17)(H,18,19)/t9-/m0/s1. The van der Waals surface area contributed by atoms with Crippen LogP contribution in [-0.2, 0) is 16.1 Å². The number of hydrogen-bond acceptors (Lipinski definition) is 3. The SMILES string of the molecule is COc1ccc2c(ccn2CC(=O)N[C@@H](C)C(=O)O)c1. The third-order valence-corrected chi connectivity index (χ3v) is 3.04. The smallest absolute Gasteiger partial charge is 0.325 e. The largest absolute Gasteiger partial charge is 0.497 e. The second-order valence-corrected chi connectivity index (χ2v) is 4.50. The van der Waals surface area contributed by atoms with Gasteiger partial charge in [0, 0.05) is 17.1 Å². The molecular formula is C14H16N2O4. The minimum Gasteiger partial charge on any atom is -0.497 e. The molecule has 0 aliphatic carbocycles. The number of carboxylic acids is 1. The van der Waals surface area contributed by atoms with Gasteiger partial charge in [-0.25, -0.2) is 0 Å². The molecular weight excluding hydrogens is 260 g/mol. The van der Waals surface area contributed by atoms with Crippen LogP contribution in [0, 0.1) is 0 Å². The van der Waals surface area contributed by atoms with E-state index in [-0.39, 0.29) is 12.5 Å². The summed E-state index contributed by atoms with van der Waals surface area (Å²) in [6, 6.07) is 6.54. The molecule has 2 N–H and O–H groups in total. The first-order valence-electron chi connectivity index (χ1n) is 6.16. The van der Waals surface area contributed by atoms with Crippen LogP contribution in [0.25, 0.3) is 10.9 Å². The Morgan fingerprint density at radius 2 is 2.15 bits per heavy atom. The number of aromatic nitrogens is 1. The van der Waals surface area contributed by atoms with Crippen molar-refractivity contribution >= 4 is 22.8 Å². The average molecular weight is 276 g/mol. The van der Waals surface area contributed by atoms with Crippen LogP contribution < -0.4 is 10.1 Å². The molecule has 1 atom stereocenters. The first-order chi connectivity index (χ1) is 9.51. The maximum atomic E-state index is 11.8. The van der Waals surface area contributed by atoms with Gasteiger partial charge in [-0.05, 0) is 31.2 Å². The third kappa shape index (κ3) is 2.90. The molecule has 1 amide bonds. The van der Waals surface area contributed by atoms with Gasteiger partial charge in [0.05, 0.1) is 7.11 Å². The molecule has 0 aliphatic rings. The Morgan fingerprint density at radius 3 is 2.80 bits per heavy atom. The lowest BCUT2D eigenvalue weighted by Crippen LogP contribution is -2.39. The number of nitrogens with zero attached hydrogens (tertiary/aromatic N) is 1. The van der Waals surface area contributed by atoms with Gasteiger partial charge in [-0.1, -0.05) is 0 Å². The van der Waals surface area contributed by atoms with Crippen LogP contribution in [0.4, 0.5) is 0 Å². The number of hydrogen-bond donors (Lipinski definition) is 2. The Bertz CT molecular complexity index is 648. The fourth-order valence-corrected chi connectivity index (χ4v) is 1.95. The van der Waals surface area contributed by atoms with Gasteiger partial charge in [-0.2, -0.15) is 0 Å². The molecule has 1 aromatic heterocycles. The van der Waals surface area contributed by atoms with Crippen molar-refractivity contribution in [2.24, 2.45) is 0 Å². The first-order valence-corrected chi connectivity index (χ1v) is 6.16. The Balaban J connectivity index is 2.14. The van der Waals surface area contributed by atoms with Crippen molar-refractivity contribution in [2.75, 3.05) is 7.11 Å². The molecule has 2 aromatic rings. The van der Waals surface area contributed by atoms with E-state index in [1.165, 1.54) is 6.92 Å². The summed E-state index contributed by atoms with van der Waals surface area (Å²) in [7, 11) is 1.60. The molecule has 106 valence electrons. The Labute approximate surface area is 116 Å². The zero-order chi connectivity index (χ0) is 14.7. The van der Waals surface area contributed by atoms with E-state index in [4.69, 9.17) is 9.84 Å². The number of amides is 1. The minimum atomic E-state index is -1.06. The molecule has 20 heavy (non-hydrogen) atoms. The molecule has 1 heterocycles. The van der Waals surface area contributed by atoms with Gasteiger partial charge in [-0.3, -0.25) is 9.59 Å². The highest BCUT2D eigenvalue weighted by atomic mass is 16.5. The zero-order valence-electron chi connectivity index (χ0n) is 11.3. The van der Waals surface area contributed by atoms with Gasteiger partial charge in [-0.15, -0.1) is 0 Å². The third-order valence-electron chi connectivity index (χ3n) is 3.04. The summed E-state index contributed by atoms with van der Waals surface area (Å²) in [6.07, 6.45) is 1.79. The predicted octanol–water partition coefficient (Wildman–Crippen LogP) is 1.24. The molecule has 0 saturated heterocycles. The molecule has 0 spiro atoms. The normalized spacial score (nSPS) is 12.1. The zero-order valence-corrected chi connectivity index (χ0v) is 11.3. The maximum absolute atomic E-state index is 11.8. The van der Waals surface area contributed by atoms with Crippen LogP contribution in [0.5, 0.6) is 5.75 Å². The minimum absolute atomic E-state index is 0.0768. The lowest BCUT2D eigenvalue weighted by atomic mass is 10.2. The number of ether oxygens (including phenoxy) is 1. The summed E-state index contributed by atoms with van der Waals surface area (Å²) in [5.41, 5.74) is 0.893. The highest BCUT2D eigenvalue weighted by Gasteiger charge is 2.14. The molecule has 0 radical (unpaired) electrons. The fraction of sp³-hybridized carbons (Fsp3) is 0.286. The number of carbonyl (C=O) groups is 2. The molecule has 1 aromatic carbocycles. The van der Waals surface area contributed by atoms with E-state index >= 15 is 0 Å². The average Bonchev–Trinajstić information content (AvgIpc) is 2.80. The van der Waals surface area contributed by atoms with Crippen LogP contribution in [0.1, 0.15) is 6.92 Å². The quantitative estimate of drug-likeness (QED) is 0.861. The fourth-order valence-electron chi connectivity index (χ4n) is 1.95. The Hall–Kier alpha value is -2.50. The number of benzene rings is 1. The summed E-state index contributed by atoms with van der Waals surface area (Å²) in [5, 5.41) is 12.1. The number of methoxy groups -OCH3 is 1. The molecule has 0 unspecified atom stereocenters. The molecule has 6 nitrogen and oxygen atoms in total. The van der Waals surface area contributed by atoms with Gasteiger partial charge >= 0.3 is 5.97 Å². The van der Waals surface area contributed by atoms with Gasteiger partial charge in [0.2, 0.25) is 5.91 Å². The van der Waals surface area contributed by atoms with Crippen molar-refractivity contribution in [1.29, 1.82) is 0 Å². The van der Waals surface area contributed by atoms with Crippen LogP contribution in [0.3, 0.4) is 0 Å². The van der Waals surface area contributed by atoms with E-state index in [0.29, 0.717) is 0 Å². The van der Waals surface area contributed by atoms with E-state index in [0.717, 1.165) is 16.7 Å². The number of aliphatic carboxylic acids is 1. The van der Waals surface area contributed by atoms with E-state index in [1.807, 2.05) is 24.3 Å². The molecule has 0 bridgehead atoms. The molecule has 2 rings (SSSR count). The lowest BCUT2D eigenvalue weighted by molar-refractivity contribution is -0.141. The maximum Gasteiger partial charge on any atom is 0.325 e. The van der Waals surface area contributed by atoms with Gasteiger partial charge < -0.3 is 19.7 Å². The van der Waals surface area contributed by atoms with Crippen molar-refractivity contribution in [3.8, 4) is 5.75 Å². The van der Waals surface area contributed by atoms with Crippen molar-refractivity contribution in [2.45, 2.75) is 19.5 Å². The van der Waals surface area contributed by atoms with Crippen molar-refractivity contribution in [3.05, 3.63) is 30.5 Å². The van der Waals surface area contributed by atoms with Crippen molar-refractivity contribution < 1.29 is 19.4 Å². The van der Waals surface area contributed by atoms with Crippen LogP contribution >= 0.6 is 0 Å². The van der Waals surface area contributed by atoms with E-state index in [1.54, 1.807) is 17.9 Å². The summed E-state index contributed by atoms with van der Waals surface area (Å²) in [6.45, 7) is 1.51. The number of fused-ring (bicyclic) bond motifs is 1. The highest BCUT2D eigenvalue weighted by Crippen LogP contribution is 2.21. The van der Waals surface area contributed by atoms with Crippen LogP contribution in [0.15, 0.2) is 30.5 Å². The molecule has 6 heteroatoms. The summed E-state index contributed by atoms with van der Waals surface area (Å²) < 4.78 is 6.90. The molecule has 0 saturated carbocycles. The number of nitrogens with one attached hydrogen (secondary N) is 1. The second-order valence-electron chi connectivity index (χ2n) is 4.50. The van der Waals surface area contributed by atoms with E-state index < -0.39 is 12.0 Å². The summed E-state index contributed by atoms with van der Waals surface area (Å²) in [4.78, 5) is 22.5. The second kappa shape index (κ2) is 5.64. The number of rotatable bonds is 5. The van der Waals surface area contributed by atoms with E-state index in [2.05, 4.69) is 5.32 Å². The van der Waals surface area contributed by atoms with Gasteiger partial charge in [0.15, 0.2) is 0 Å². The Morgan fingerprint density at radius 1 is 1.40 bits per heavy atom. The van der Waals surface area contributed by atoms with Crippen LogP contribution in [-0.4, -0.2) is 34.7 Å². The monoisotopic (exact) mass is 276 g/mol. The lowest BCUT2D eigenvalue weighted by Gasteiger charge is -2.10. The molecule has 0 fully saturated rings. The van der Waals surface area contributed by atoms with E-state index in [9.17, 15) is 9.59 Å². The number of carboxylic acid groups (broad SMARTS) is 1. The van der Waals surface area contributed by atoms with Crippen molar-refractivity contribution in [3.63, 3.8) is 0 Å².